The smallest absolute Gasteiger partial charge is 0.0961 e. The summed E-state index contributed by atoms with van der Waals surface area (Å²) in [6.07, 6.45) is 1.11. The highest BCUT2D eigenvalue weighted by Crippen LogP contribution is 2.52. The lowest BCUT2D eigenvalue weighted by Crippen LogP contribution is -2.51. The molecule has 0 aromatic heterocycles. The highest BCUT2D eigenvalue weighted by Gasteiger charge is 2.58. The molecule has 1 spiro atoms. The van der Waals surface area contributed by atoms with Crippen molar-refractivity contribution in [1.82, 2.24) is 5.32 Å². The molecular weight excluding hydrogens is 182 g/mol. The second-order valence-corrected chi connectivity index (χ2v) is 6.54. The zero-order valence-corrected chi connectivity index (χ0v) is 9.75. The van der Waals surface area contributed by atoms with E-state index in [0.29, 0.717) is 0 Å². The van der Waals surface area contributed by atoms with Crippen molar-refractivity contribution in [2.24, 2.45) is 0 Å². The van der Waals surface area contributed by atoms with E-state index in [0.717, 1.165) is 13.0 Å². The van der Waals surface area contributed by atoms with Gasteiger partial charge in [0, 0.05) is 18.7 Å². The molecule has 0 radical (unpaired) electrons. The highest BCUT2D eigenvalue weighted by molar-refractivity contribution is 8.01. The molecule has 2 aliphatic rings. The molecule has 0 aromatic rings. The zero-order chi connectivity index (χ0) is 9.74. The van der Waals surface area contributed by atoms with Crippen LogP contribution in [0.15, 0.2) is 0 Å². The number of hydrogen-bond donors (Lipinski definition) is 1. The molecule has 2 saturated heterocycles. The van der Waals surface area contributed by atoms with Crippen molar-refractivity contribution in [2.75, 3.05) is 12.3 Å². The Hall–Kier alpha value is 0.270. The SMILES string of the molecule is CC1(C)CC2(NCCS2)C(C)(C)O1. The Balaban J connectivity index is 2.28. The van der Waals surface area contributed by atoms with Gasteiger partial charge >= 0.3 is 0 Å². The molecule has 0 bridgehead atoms. The number of ether oxygens (including phenoxy) is 1. The van der Waals surface area contributed by atoms with Crippen LogP contribution < -0.4 is 5.32 Å². The third-order valence-electron chi connectivity index (χ3n) is 3.04. The van der Waals surface area contributed by atoms with Crippen molar-refractivity contribution >= 4 is 11.8 Å². The second kappa shape index (κ2) is 2.65. The molecule has 13 heavy (non-hydrogen) atoms. The largest absolute Gasteiger partial charge is 0.367 e. The first-order valence-corrected chi connectivity index (χ1v) is 5.95. The fourth-order valence-electron chi connectivity index (χ4n) is 2.65. The molecular formula is C10H19NOS. The lowest BCUT2D eigenvalue weighted by Gasteiger charge is -2.35. The lowest BCUT2D eigenvalue weighted by atomic mass is 9.93. The maximum Gasteiger partial charge on any atom is 0.0961 e. The van der Waals surface area contributed by atoms with Gasteiger partial charge in [-0.3, -0.25) is 5.32 Å². The first-order valence-electron chi connectivity index (χ1n) is 4.96. The molecule has 3 heteroatoms. The van der Waals surface area contributed by atoms with Crippen LogP contribution in [0.1, 0.15) is 34.1 Å². The first kappa shape index (κ1) is 9.81. The molecule has 1 unspecified atom stereocenters. The van der Waals surface area contributed by atoms with Gasteiger partial charge in [-0.05, 0) is 27.7 Å². The predicted molar refractivity (Wildman–Crippen MR) is 57.1 cm³/mol. The molecule has 0 amide bonds. The van der Waals surface area contributed by atoms with Gasteiger partial charge in [-0.2, -0.15) is 0 Å². The van der Waals surface area contributed by atoms with Crippen molar-refractivity contribution < 1.29 is 4.74 Å². The quantitative estimate of drug-likeness (QED) is 0.647. The van der Waals surface area contributed by atoms with E-state index in [1.54, 1.807) is 0 Å². The van der Waals surface area contributed by atoms with Gasteiger partial charge in [0.25, 0.3) is 0 Å². The van der Waals surface area contributed by atoms with Crippen LogP contribution >= 0.6 is 11.8 Å². The molecule has 2 nitrogen and oxygen atoms in total. The average Bonchev–Trinajstić information content (AvgIpc) is 2.38. The summed E-state index contributed by atoms with van der Waals surface area (Å²) in [4.78, 5) is 0.163. The molecule has 1 atom stereocenters. The van der Waals surface area contributed by atoms with Crippen molar-refractivity contribution in [1.29, 1.82) is 0 Å². The van der Waals surface area contributed by atoms with Crippen molar-refractivity contribution in [2.45, 2.75) is 50.2 Å². The first-order chi connectivity index (χ1) is 5.87. The highest BCUT2D eigenvalue weighted by atomic mass is 32.2. The van der Waals surface area contributed by atoms with Crippen LogP contribution in [0.3, 0.4) is 0 Å². The standard InChI is InChI=1S/C10H19NOS/c1-8(2)7-10(9(3,4)12-8)11-5-6-13-10/h11H,5-7H2,1-4H3. The molecule has 1 N–H and O–H groups in total. The number of thioether (sulfide) groups is 1. The van der Waals surface area contributed by atoms with E-state index < -0.39 is 0 Å². The van der Waals surface area contributed by atoms with Crippen LogP contribution in [0, 0.1) is 0 Å². The van der Waals surface area contributed by atoms with Crippen LogP contribution in [0.25, 0.3) is 0 Å². The lowest BCUT2D eigenvalue weighted by molar-refractivity contribution is -0.0723. The van der Waals surface area contributed by atoms with Crippen molar-refractivity contribution in [3.8, 4) is 0 Å². The van der Waals surface area contributed by atoms with Gasteiger partial charge < -0.3 is 4.74 Å². The van der Waals surface area contributed by atoms with E-state index in [9.17, 15) is 0 Å². The van der Waals surface area contributed by atoms with Gasteiger partial charge in [-0.15, -0.1) is 11.8 Å². The fraction of sp³-hybridized carbons (Fsp3) is 1.00. The monoisotopic (exact) mass is 201 g/mol. The number of nitrogens with one attached hydrogen (secondary N) is 1. The molecule has 0 aromatic carbocycles. The number of rotatable bonds is 0. The molecule has 0 aliphatic carbocycles. The summed E-state index contributed by atoms with van der Waals surface area (Å²) in [5.74, 6) is 1.21. The zero-order valence-electron chi connectivity index (χ0n) is 8.94. The van der Waals surface area contributed by atoms with Gasteiger partial charge in [0.2, 0.25) is 0 Å². The van der Waals surface area contributed by atoms with Gasteiger partial charge in [0.05, 0.1) is 16.1 Å². The summed E-state index contributed by atoms with van der Waals surface area (Å²) in [6.45, 7) is 9.89. The fourth-order valence-corrected chi connectivity index (χ4v) is 4.25. The van der Waals surface area contributed by atoms with E-state index >= 15 is 0 Å². The Morgan fingerprint density at radius 3 is 2.31 bits per heavy atom. The van der Waals surface area contributed by atoms with Crippen LogP contribution in [-0.4, -0.2) is 28.4 Å². The normalized spacial score (nSPS) is 41.5. The minimum absolute atomic E-state index is 0.0217. The average molecular weight is 201 g/mol. The van der Waals surface area contributed by atoms with Gasteiger partial charge in [0.15, 0.2) is 0 Å². The summed E-state index contributed by atoms with van der Waals surface area (Å²) in [5, 5.41) is 3.62. The van der Waals surface area contributed by atoms with Crippen molar-refractivity contribution in [3.63, 3.8) is 0 Å². The van der Waals surface area contributed by atoms with E-state index in [1.165, 1.54) is 5.75 Å². The Bertz CT molecular complexity index is 219. The van der Waals surface area contributed by atoms with Gasteiger partial charge in [-0.1, -0.05) is 0 Å². The van der Waals surface area contributed by atoms with Crippen LogP contribution in [0.2, 0.25) is 0 Å². The molecule has 2 fully saturated rings. The van der Waals surface area contributed by atoms with E-state index in [-0.39, 0.29) is 16.1 Å². The van der Waals surface area contributed by atoms with Gasteiger partial charge in [-0.25, -0.2) is 0 Å². The molecule has 2 rings (SSSR count). The number of hydrogen-bond acceptors (Lipinski definition) is 3. The van der Waals surface area contributed by atoms with Gasteiger partial charge in [0.1, 0.15) is 0 Å². The summed E-state index contributed by atoms with van der Waals surface area (Å²) in [7, 11) is 0. The maximum atomic E-state index is 6.09. The Morgan fingerprint density at radius 1 is 1.23 bits per heavy atom. The Labute approximate surface area is 84.8 Å². The summed E-state index contributed by atoms with van der Waals surface area (Å²) in [6, 6.07) is 0. The topological polar surface area (TPSA) is 21.3 Å². The summed E-state index contributed by atoms with van der Waals surface area (Å²) < 4.78 is 6.09. The van der Waals surface area contributed by atoms with Crippen molar-refractivity contribution in [3.05, 3.63) is 0 Å². The van der Waals surface area contributed by atoms with E-state index in [4.69, 9.17) is 4.74 Å². The minimum atomic E-state index is -0.0440. The Kier molecular flexibility index (Phi) is 2.00. The molecule has 76 valence electrons. The van der Waals surface area contributed by atoms with Crippen LogP contribution in [-0.2, 0) is 4.74 Å². The summed E-state index contributed by atoms with van der Waals surface area (Å²) in [5.41, 5.74) is -0.0223. The maximum absolute atomic E-state index is 6.09. The molecule has 0 saturated carbocycles. The second-order valence-electron chi connectivity index (χ2n) is 5.15. The van der Waals surface area contributed by atoms with Crippen LogP contribution in [0.5, 0.6) is 0 Å². The third-order valence-corrected chi connectivity index (χ3v) is 4.72. The molecule has 2 aliphatic heterocycles. The van der Waals surface area contributed by atoms with E-state index in [2.05, 4.69) is 33.0 Å². The van der Waals surface area contributed by atoms with Crippen LogP contribution in [0.4, 0.5) is 0 Å². The minimum Gasteiger partial charge on any atom is -0.367 e. The van der Waals surface area contributed by atoms with E-state index in [1.807, 2.05) is 11.8 Å². The molecule has 2 heterocycles. The summed E-state index contributed by atoms with van der Waals surface area (Å²) >= 11 is 2.03. The predicted octanol–water partition coefficient (Wildman–Crippen LogP) is 2.00. The Morgan fingerprint density at radius 2 is 1.92 bits per heavy atom. The third kappa shape index (κ3) is 1.41.